The van der Waals surface area contributed by atoms with E-state index in [4.69, 9.17) is 4.74 Å². The van der Waals surface area contributed by atoms with E-state index in [1.807, 2.05) is 0 Å². The van der Waals surface area contributed by atoms with Crippen LogP contribution < -0.4 is 0 Å². The lowest BCUT2D eigenvalue weighted by molar-refractivity contribution is 0.110. The summed E-state index contributed by atoms with van der Waals surface area (Å²) in [6, 6.07) is 0. The molecule has 0 amide bonds. The summed E-state index contributed by atoms with van der Waals surface area (Å²) in [5, 5.41) is -0.144. The van der Waals surface area contributed by atoms with Crippen molar-refractivity contribution in [3.8, 4) is 0 Å². The van der Waals surface area contributed by atoms with Gasteiger partial charge in [-0.05, 0) is 30.8 Å². The Bertz CT molecular complexity index is 384. The fraction of sp³-hybridized carbons (Fsp3) is 0.818. The molecule has 0 spiro atoms. The van der Waals surface area contributed by atoms with Crippen molar-refractivity contribution in [1.82, 2.24) is 4.31 Å². The lowest BCUT2D eigenvalue weighted by atomic mass is 9.97. The molecule has 0 aromatic carbocycles. The van der Waals surface area contributed by atoms with E-state index < -0.39 is 10.0 Å². The molecule has 0 aromatic rings. The Hall–Kier alpha value is -0.550. The molecule has 2 aliphatic rings. The molecule has 4 nitrogen and oxygen atoms in total. The summed E-state index contributed by atoms with van der Waals surface area (Å²) < 4.78 is 30.6. The number of ether oxygens (including phenoxy) is 1. The largest absolute Gasteiger partial charge is 0.377 e. The number of nitrogens with zero attached hydrogens (tertiary/aromatic N) is 1. The predicted molar refractivity (Wildman–Crippen MR) is 62.4 cm³/mol. The Morgan fingerprint density at radius 2 is 2.06 bits per heavy atom. The maximum absolute atomic E-state index is 11.9. The molecular weight excluding hydrogens is 226 g/mol. The molecular formula is C11H19NO3S. The van der Waals surface area contributed by atoms with Gasteiger partial charge >= 0.3 is 0 Å². The van der Waals surface area contributed by atoms with Crippen molar-refractivity contribution in [3.63, 3.8) is 0 Å². The molecule has 0 radical (unpaired) electrons. The SMILES string of the molecule is C[C@H]1CCOC/C1=C\N(C)S(=O)(=O)C1CC1. The first-order valence-electron chi connectivity index (χ1n) is 5.77. The Balaban J connectivity index is 2.09. The molecule has 92 valence electrons. The third-order valence-electron chi connectivity index (χ3n) is 3.29. The van der Waals surface area contributed by atoms with Crippen LogP contribution in [0.4, 0.5) is 0 Å². The summed E-state index contributed by atoms with van der Waals surface area (Å²) in [5.74, 6) is 0.422. The molecule has 1 saturated carbocycles. The van der Waals surface area contributed by atoms with Gasteiger partial charge in [0.25, 0.3) is 0 Å². The first-order valence-corrected chi connectivity index (χ1v) is 7.27. The van der Waals surface area contributed by atoms with Gasteiger partial charge in [-0.15, -0.1) is 0 Å². The maximum atomic E-state index is 11.9. The molecule has 0 N–H and O–H groups in total. The van der Waals surface area contributed by atoms with Crippen molar-refractivity contribution in [3.05, 3.63) is 11.8 Å². The van der Waals surface area contributed by atoms with Gasteiger partial charge in [-0.1, -0.05) is 6.92 Å². The van der Waals surface area contributed by atoms with E-state index in [0.29, 0.717) is 12.5 Å². The molecule has 2 fully saturated rings. The summed E-state index contributed by atoms with van der Waals surface area (Å²) in [6.07, 6.45) is 4.34. The second-order valence-corrected chi connectivity index (χ2v) is 6.98. The van der Waals surface area contributed by atoms with Crippen molar-refractivity contribution >= 4 is 10.0 Å². The van der Waals surface area contributed by atoms with Crippen molar-refractivity contribution in [2.45, 2.75) is 31.4 Å². The molecule has 0 unspecified atom stereocenters. The highest BCUT2D eigenvalue weighted by molar-refractivity contribution is 7.90. The van der Waals surface area contributed by atoms with Gasteiger partial charge in [-0.3, -0.25) is 4.31 Å². The monoisotopic (exact) mass is 245 g/mol. The van der Waals surface area contributed by atoms with Gasteiger partial charge in [0.05, 0.1) is 11.9 Å². The van der Waals surface area contributed by atoms with Crippen molar-refractivity contribution in [2.24, 2.45) is 5.92 Å². The van der Waals surface area contributed by atoms with E-state index in [1.54, 1.807) is 13.2 Å². The maximum Gasteiger partial charge on any atom is 0.237 e. The van der Waals surface area contributed by atoms with E-state index in [2.05, 4.69) is 6.92 Å². The third-order valence-corrected chi connectivity index (χ3v) is 5.51. The van der Waals surface area contributed by atoms with Crippen LogP contribution in [-0.2, 0) is 14.8 Å². The van der Waals surface area contributed by atoms with Crippen LogP contribution in [0.5, 0.6) is 0 Å². The van der Waals surface area contributed by atoms with Crippen LogP contribution in [0.15, 0.2) is 11.8 Å². The van der Waals surface area contributed by atoms with Gasteiger partial charge in [-0.25, -0.2) is 8.42 Å². The molecule has 1 heterocycles. The first-order chi connectivity index (χ1) is 7.51. The molecule has 0 aromatic heterocycles. The summed E-state index contributed by atoms with van der Waals surface area (Å²) in [4.78, 5) is 0. The second-order valence-electron chi connectivity index (χ2n) is 4.71. The molecule has 5 heteroatoms. The third kappa shape index (κ3) is 2.40. The van der Waals surface area contributed by atoms with Crippen LogP contribution in [0.1, 0.15) is 26.2 Å². The number of rotatable bonds is 3. The normalized spacial score (nSPS) is 29.4. The van der Waals surface area contributed by atoms with Crippen LogP contribution in [0.2, 0.25) is 0 Å². The minimum Gasteiger partial charge on any atom is -0.377 e. The number of sulfonamides is 1. The zero-order valence-electron chi connectivity index (χ0n) is 9.85. The number of hydrogen-bond donors (Lipinski definition) is 0. The van der Waals surface area contributed by atoms with E-state index >= 15 is 0 Å². The van der Waals surface area contributed by atoms with Crippen molar-refractivity contribution in [2.75, 3.05) is 20.3 Å². The zero-order chi connectivity index (χ0) is 11.8. The Morgan fingerprint density at radius 1 is 1.38 bits per heavy atom. The molecule has 0 bridgehead atoms. The molecule has 1 aliphatic heterocycles. The van der Waals surface area contributed by atoms with Gasteiger partial charge in [0.1, 0.15) is 0 Å². The lowest BCUT2D eigenvalue weighted by Crippen LogP contribution is -2.28. The summed E-state index contributed by atoms with van der Waals surface area (Å²) >= 11 is 0. The zero-order valence-corrected chi connectivity index (χ0v) is 10.7. The van der Waals surface area contributed by atoms with E-state index in [9.17, 15) is 8.42 Å². The number of hydrogen-bond acceptors (Lipinski definition) is 3. The molecule has 1 atom stereocenters. The minimum atomic E-state index is -3.09. The van der Waals surface area contributed by atoms with Crippen LogP contribution in [-0.4, -0.2) is 38.2 Å². The topological polar surface area (TPSA) is 46.6 Å². The van der Waals surface area contributed by atoms with Gasteiger partial charge in [0.2, 0.25) is 10.0 Å². The van der Waals surface area contributed by atoms with Crippen LogP contribution in [0.3, 0.4) is 0 Å². The van der Waals surface area contributed by atoms with E-state index in [1.165, 1.54) is 4.31 Å². The van der Waals surface area contributed by atoms with Crippen LogP contribution >= 0.6 is 0 Å². The van der Waals surface area contributed by atoms with Gasteiger partial charge < -0.3 is 4.74 Å². The molecule has 1 saturated heterocycles. The Morgan fingerprint density at radius 3 is 2.62 bits per heavy atom. The quantitative estimate of drug-likeness (QED) is 0.754. The average Bonchev–Trinajstić information content (AvgIpc) is 3.04. The van der Waals surface area contributed by atoms with Crippen molar-refractivity contribution < 1.29 is 13.2 Å². The molecule has 16 heavy (non-hydrogen) atoms. The lowest BCUT2D eigenvalue weighted by Gasteiger charge is -2.24. The van der Waals surface area contributed by atoms with Gasteiger partial charge in [0, 0.05) is 19.9 Å². The highest BCUT2D eigenvalue weighted by Crippen LogP contribution is 2.31. The highest BCUT2D eigenvalue weighted by atomic mass is 32.2. The van der Waals surface area contributed by atoms with E-state index in [-0.39, 0.29) is 5.25 Å². The summed E-state index contributed by atoms with van der Waals surface area (Å²) in [7, 11) is -1.46. The standard InChI is InChI=1S/C11H19NO3S/c1-9-5-6-15-8-10(9)7-12(2)16(13,14)11-3-4-11/h7,9,11H,3-6,8H2,1-2H3/b10-7+/t9-/m0/s1. The van der Waals surface area contributed by atoms with Gasteiger partial charge in [-0.2, -0.15) is 0 Å². The van der Waals surface area contributed by atoms with Crippen LogP contribution in [0.25, 0.3) is 0 Å². The minimum absolute atomic E-state index is 0.144. The molecule has 1 aliphatic carbocycles. The molecule has 2 rings (SSSR count). The second kappa shape index (κ2) is 4.37. The highest BCUT2D eigenvalue weighted by Gasteiger charge is 2.38. The summed E-state index contributed by atoms with van der Waals surface area (Å²) in [5.41, 5.74) is 1.08. The first kappa shape index (κ1) is 11.9. The van der Waals surface area contributed by atoms with Crippen LogP contribution in [0, 0.1) is 5.92 Å². The summed E-state index contributed by atoms with van der Waals surface area (Å²) in [6.45, 7) is 3.45. The van der Waals surface area contributed by atoms with Gasteiger partial charge in [0.15, 0.2) is 0 Å². The fourth-order valence-corrected chi connectivity index (χ4v) is 3.33. The average molecular weight is 245 g/mol. The van der Waals surface area contributed by atoms with E-state index in [0.717, 1.165) is 31.4 Å². The Labute approximate surface area is 97.3 Å². The smallest absolute Gasteiger partial charge is 0.237 e. The van der Waals surface area contributed by atoms with Crippen molar-refractivity contribution in [1.29, 1.82) is 0 Å². The Kier molecular flexibility index (Phi) is 3.26. The fourth-order valence-electron chi connectivity index (χ4n) is 1.85. The predicted octanol–water partition coefficient (Wildman–Crippen LogP) is 1.35.